The third-order valence-electron chi connectivity index (χ3n) is 3.22. The van der Waals surface area contributed by atoms with Crippen LogP contribution in [0.5, 0.6) is 5.75 Å². The van der Waals surface area contributed by atoms with E-state index in [9.17, 15) is 15.2 Å². The summed E-state index contributed by atoms with van der Waals surface area (Å²) in [6, 6.07) is 14.1. The molecular formula is C17H21N3O4. The Morgan fingerprint density at radius 2 is 1.96 bits per heavy atom. The van der Waals surface area contributed by atoms with Crippen molar-refractivity contribution in [1.29, 1.82) is 0 Å². The summed E-state index contributed by atoms with van der Waals surface area (Å²) in [5.74, 6) is 0.751. The third-order valence-corrected chi connectivity index (χ3v) is 3.22. The van der Waals surface area contributed by atoms with Crippen LogP contribution in [0.2, 0.25) is 0 Å². The molecule has 0 saturated carbocycles. The topological polar surface area (TPSA) is 96.7 Å². The zero-order valence-electron chi connectivity index (χ0n) is 13.4. The molecule has 128 valence electrons. The van der Waals surface area contributed by atoms with Crippen LogP contribution in [0.25, 0.3) is 0 Å². The molecule has 0 spiro atoms. The fourth-order valence-corrected chi connectivity index (χ4v) is 2.08. The highest BCUT2D eigenvalue weighted by molar-refractivity contribution is 5.68. The van der Waals surface area contributed by atoms with Crippen LogP contribution in [0.1, 0.15) is 6.92 Å². The second-order valence-electron chi connectivity index (χ2n) is 5.31. The summed E-state index contributed by atoms with van der Waals surface area (Å²) in [6.45, 7) is 2.84. The van der Waals surface area contributed by atoms with Gasteiger partial charge in [-0.1, -0.05) is 18.2 Å². The van der Waals surface area contributed by atoms with Gasteiger partial charge in [-0.3, -0.25) is 10.1 Å². The lowest BCUT2D eigenvalue weighted by molar-refractivity contribution is -0.383. The first-order valence-electron chi connectivity index (χ1n) is 7.68. The Bertz CT molecular complexity index is 662. The van der Waals surface area contributed by atoms with E-state index in [4.69, 9.17) is 4.74 Å². The van der Waals surface area contributed by atoms with Crippen LogP contribution in [-0.4, -0.2) is 35.8 Å². The molecule has 0 fully saturated rings. The van der Waals surface area contributed by atoms with Crippen LogP contribution in [0.4, 0.5) is 17.1 Å². The molecule has 7 heteroatoms. The molecular weight excluding hydrogens is 310 g/mol. The van der Waals surface area contributed by atoms with Gasteiger partial charge in [-0.25, -0.2) is 0 Å². The predicted octanol–water partition coefficient (Wildman–Crippen LogP) is 2.88. The minimum atomic E-state index is -0.504. The third kappa shape index (κ3) is 5.44. The largest absolute Gasteiger partial charge is 0.492 e. The Balaban J connectivity index is 1.95. The molecule has 3 N–H and O–H groups in total. The molecule has 2 rings (SSSR count). The number of nitro groups is 1. The Labute approximate surface area is 140 Å². The van der Waals surface area contributed by atoms with Gasteiger partial charge in [0.15, 0.2) is 0 Å². The Morgan fingerprint density at radius 3 is 2.62 bits per heavy atom. The standard InChI is InChI=1S/C17H21N3O4/c1-13(21)12-19-14-7-8-17(20(22)23)16(11-14)18-9-10-24-15-5-3-2-4-6-15/h2-8,11,13,18-19,21H,9-10,12H2,1H3/t13-/m1/s1. The van der Waals surface area contributed by atoms with E-state index >= 15 is 0 Å². The van der Waals surface area contributed by atoms with Gasteiger partial charge in [-0.15, -0.1) is 0 Å². The van der Waals surface area contributed by atoms with Crippen molar-refractivity contribution < 1.29 is 14.8 Å². The van der Waals surface area contributed by atoms with Crippen LogP contribution in [0, 0.1) is 10.1 Å². The molecule has 0 aromatic heterocycles. The van der Waals surface area contributed by atoms with E-state index in [1.807, 2.05) is 30.3 Å². The average molecular weight is 331 g/mol. The van der Waals surface area contributed by atoms with Crippen LogP contribution in [0.3, 0.4) is 0 Å². The summed E-state index contributed by atoms with van der Waals surface area (Å²) < 4.78 is 5.56. The van der Waals surface area contributed by atoms with Crippen molar-refractivity contribution >= 4 is 17.1 Å². The summed E-state index contributed by atoms with van der Waals surface area (Å²) in [5.41, 5.74) is 1.11. The molecule has 0 heterocycles. The van der Waals surface area contributed by atoms with Crippen LogP contribution in [0.15, 0.2) is 48.5 Å². The second-order valence-corrected chi connectivity index (χ2v) is 5.31. The Kier molecular flexibility index (Phi) is 6.39. The summed E-state index contributed by atoms with van der Waals surface area (Å²) in [4.78, 5) is 10.7. The summed E-state index contributed by atoms with van der Waals surface area (Å²) >= 11 is 0. The number of nitrogens with zero attached hydrogens (tertiary/aromatic N) is 1. The minimum absolute atomic E-state index is 0.00249. The van der Waals surface area contributed by atoms with Crippen molar-refractivity contribution in [3.8, 4) is 5.75 Å². The molecule has 0 aliphatic heterocycles. The Morgan fingerprint density at radius 1 is 1.21 bits per heavy atom. The second kappa shape index (κ2) is 8.73. The monoisotopic (exact) mass is 331 g/mol. The number of nitrogens with one attached hydrogen (secondary N) is 2. The number of aliphatic hydroxyl groups excluding tert-OH is 1. The number of rotatable bonds is 9. The van der Waals surface area contributed by atoms with Gasteiger partial charge in [0.05, 0.1) is 11.0 Å². The molecule has 1 atom stereocenters. The number of hydrogen-bond donors (Lipinski definition) is 3. The average Bonchev–Trinajstić information content (AvgIpc) is 2.57. The summed E-state index contributed by atoms with van der Waals surface area (Å²) in [7, 11) is 0. The van der Waals surface area contributed by atoms with Gasteiger partial charge < -0.3 is 20.5 Å². The van der Waals surface area contributed by atoms with Gasteiger partial charge in [-0.2, -0.15) is 0 Å². The zero-order valence-corrected chi connectivity index (χ0v) is 13.4. The molecule has 0 amide bonds. The highest BCUT2D eigenvalue weighted by Gasteiger charge is 2.14. The highest BCUT2D eigenvalue weighted by atomic mass is 16.6. The van der Waals surface area contributed by atoms with Crippen molar-refractivity contribution in [1.82, 2.24) is 0 Å². The molecule has 24 heavy (non-hydrogen) atoms. The molecule has 0 aliphatic carbocycles. The fraction of sp³-hybridized carbons (Fsp3) is 0.294. The normalized spacial score (nSPS) is 11.6. The van der Waals surface area contributed by atoms with Crippen molar-refractivity contribution in [2.24, 2.45) is 0 Å². The van der Waals surface area contributed by atoms with Crippen LogP contribution < -0.4 is 15.4 Å². The van der Waals surface area contributed by atoms with Crippen molar-refractivity contribution in [3.05, 3.63) is 58.6 Å². The lowest BCUT2D eigenvalue weighted by Crippen LogP contribution is -2.16. The van der Waals surface area contributed by atoms with E-state index in [0.717, 1.165) is 5.75 Å². The molecule has 7 nitrogen and oxygen atoms in total. The van der Waals surface area contributed by atoms with Crippen LogP contribution in [-0.2, 0) is 0 Å². The predicted molar refractivity (Wildman–Crippen MR) is 93.7 cm³/mol. The van der Waals surface area contributed by atoms with Gasteiger partial charge in [0.25, 0.3) is 5.69 Å². The van der Waals surface area contributed by atoms with Crippen molar-refractivity contribution in [2.45, 2.75) is 13.0 Å². The molecule has 0 unspecified atom stereocenters. The molecule has 0 bridgehead atoms. The molecule has 2 aromatic rings. The first-order chi connectivity index (χ1) is 11.6. The number of benzene rings is 2. The number of aliphatic hydroxyl groups is 1. The van der Waals surface area contributed by atoms with Gasteiger partial charge in [-0.05, 0) is 31.2 Å². The Hall–Kier alpha value is -2.80. The minimum Gasteiger partial charge on any atom is -0.492 e. The lowest BCUT2D eigenvalue weighted by Gasteiger charge is -2.12. The van der Waals surface area contributed by atoms with Crippen molar-refractivity contribution in [3.63, 3.8) is 0 Å². The fourth-order valence-electron chi connectivity index (χ4n) is 2.08. The highest BCUT2D eigenvalue weighted by Crippen LogP contribution is 2.27. The number of anilines is 2. The van der Waals surface area contributed by atoms with Gasteiger partial charge in [0.2, 0.25) is 0 Å². The molecule has 0 aliphatic rings. The van der Waals surface area contributed by atoms with E-state index in [-0.39, 0.29) is 5.69 Å². The SMILES string of the molecule is C[C@@H](O)CNc1ccc([N+](=O)[O-])c(NCCOc2ccccc2)c1. The molecule has 2 aromatic carbocycles. The maximum absolute atomic E-state index is 11.1. The maximum Gasteiger partial charge on any atom is 0.292 e. The number of para-hydroxylation sites is 1. The first-order valence-corrected chi connectivity index (χ1v) is 7.68. The van der Waals surface area contributed by atoms with Gasteiger partial charge >= 0.3 is 0 Å². The number of nitro benzene ring substituents is 1. The van der Waals surface area contributed by atoms with E-state index in [1.165, 1.54) is 6.07 Å². The lowest BCUT2D eigenvalue weighted by atomic mass is 10.2. The maximum atomic E-state index is 11.1. The van der Waals surface area contributed by atoms with Gasteiger partial charge in [0.1, 0.15) is 18.0 Å². The van der Waals surface area contributed by atoms with Gasteiger partial charge in [0, 0.05) is 24.8 Å². The number of hydrogen-bond acceptors (Lipinski definition) is 6. The van der Waals surface area contributed by atoms with E-state index in [1.54, 1.807) is 19.1 Å². The zero-order chi connectivity index (χ0) is 17.4. The first kappa shape index (κ1) is 17.6. The number of ether oxygens (including phenoxy) is 1. The van der Waals surface area contributed by atoms with E-state index < -0.39 is 11.0 Å². The smallest absolute Gasteiger partial charge is 0.292 e. The van der Waals surface area contributed by atoms with Crippen LogP contribution >= 0.6 is 0 Å². The van der Waals surface area contributed by atoms with E-state index in [0.29, 0.717) is 31.1 Å². The summed E-state index contributed by atoms with van der Waals surface area (Å²) in [5, 5.41) is 26.5. The quantitative estimate of drug-likeness (QED) is 0.371. The summed E-state index contributed by atoms with van der Waals surface area (Å²) in [6.07, 6.45) is -0.504. The van der Waals surface area contributed by atoms with E-state index in [2.05, 4.69) is 10.6 Å². The molecule has 0 radical (unpaired) electrons. The molecule has 0 saturated heterocycles. The van der Waals surface area contributed by atoms with Crippen molar-refractivity contribution in [2.75, 3.05) is 30.3 Å².